The molecule has 2 amide bonds. The van der Waals surface area contributed by atoms with Crippen molar-refractivity contribution in [1.29, 1.82) is 0 Å². The van der Waals surface area contributed by atoms with Gasteiger partial charge in [-0.15, -0.1) is 0 Å². The van der Waals surface area contributed by atoms with Gasteiger partial charge in [0.25, 0.3) is 0 Å². The Morgan fingerprint density at radius 3 is 2.62 bits per heavy atom. The molecule has 10 heteroatoms. The molecule has 1 saturated carbocycles. The number of esters is 1. The predicted octanol–water partition coefficient (Wildman–Crippen LogP) is 1.65. The molecule has 1 saturated heterocycles. The minimum atomic E-state index is -0.973. The van der Waals surface area contributed by atoms with E-state index < -0.39 is 18.0 Å². The Morgan fingerprint density at radius 1 is 1.12 bits per heavy atom. The van der Waals surface area contributed by atoms with Gasteiger partial charge in [-0.2, -0.15) is 0 Å². The Hall–Kier alpha value is -2.62. The number of aliphatic carboxylic acids is 1. The van der Waals surface area contributed by atoms with Gasteiger partial charge in [0.15, 0.2) is 0 Å². The standard InChI is InChI=1S/C24H37N3O7/c1-16-4-3-5-19-20(7-6-16)21(19)15-34-24(32)25-9-8-22(29)27-11-10-26(13-23(30)31)18(12-27)14-33-17(2)28/h4,18-21H,3,5-15H2,1-2H3,(H,25,32)(H,30,31)/b16-4-/t18?,19-,20+,21-/m1/s1. The first-order valence-electron chi connectivity index (χ1n) is 12.2. The van der Waals surface area contributed by atoms with Gasteiger partial charge in [-0.05, 0) is 50.4 Å². The molecule has 0 radical (unpaired) electrons. The third-order valence-electron chi connectivity index (χ3n) is 7.16. The summed E-state index contributed by atoms with van der Waals surface area (Å²) in [6, 6.07) is -0.384. The lowest BCUT2D eigenvalue weighted by Gasteiger charge is -2.40. The second-order valence-electron chi connectivity index (χ2n) is 9.59. The summed E-state index contributed by atoms with van der Waals surface area (Å²) in [4.78, 5) is 50.3. The number of allylic oxidation sites excluding steroid dienone is 2. The molecule has 34 heavy (non-hydrogen) atoms. The number of hydrogen-bond donors (Lipinski definition) is 2. The van der Waals surface area contributed by atoms with Crippen molar-refractivity contribution in [1.82, 2.24) is 15.1 Å². The van der Waals surface area contributed by atoms with Gasteiger partial charge >= 0.3 is 18.0 Å². The predicted molar refractivity (Wildman–Crippen MR) is 123 cm³/mol. The Bertz CT molecular complexity index is 799. The number of hydrogen-bond acceptors (Lipinski definition) is 7. The fourth-order valence-electron chi connectivity index (χ4n) is 5.17. The van der Waals surface area contributed by atoms with E-state index in [1.54, 1.807) is 9.80 Å². The quantitative estimate of drug-likeness (QED) is 0.378. The number of amides is 2. The van der Waals surface area contributed by atoms with E-state index in [4.69, 9.17) is 14.6 Å². The number of carboxylic acids is 1. The van der Waals surface area contributed by atoms with Crippen LogP contribution in [0.5, 0.6) is 0 Å². The van der Waals surface area contributed by atoms with Crippen molar-refractivity contribution in [3.05, 3.63) is 11.6 Å². The maximum atomic E-state index is 12.6. The molecular formula is C24H37N3O7. The molecular weight excluding hydrogens is 442 g/mol. The Kier molecular flexibility index (Phi) is 9.32. The zero-order chi connectivity index (χ0) is 24.7. The van der Waals surface area contributed by atoms with Crippen molar-refractivity contribution in [3.63, 3.8) is 0 Å². The van der Waals surface area contributed by atoms with Crippen molar-refractivity contribution >= 4 is 23.9 Å². The number of fused-ring (bicyclic) bond motifs is 1. The monoisotopic (exact) mass is 479 g/mol. The van der Waals surface area contributed by atoms with Crippen LogP contribution in [0.1, 0.15) is 46.0 Å². The van der Waals surface area contributed by atoms with Crippen LogP contribution in [-0.4, -0.2) is 90.8 Å². The first-order chi connectivity index (χ1) is 16.2. The molecule has 1 unspecified atom stereocenters. The van der Waals surface area contributed by atoms with Crippen molar-refractivity contribution < 1.29 is 33.8 Å². The summed E-state index contributed by atoms with van der Waals surface area (Å²) in [6.07, 6.45) is 6.48. The molecule has 0 aromatic carbocycles. The zero-order valence-corrected chi connectivity index (χ0v) is 20.2. The van der Waals surface area contributed by atoms with Gasteiger partial charge in [0.1, 0.15) is 6.61 Å². The average molecular weight is 480 g/mol. The number of carbonyl (C=O) groups excluding carboxylic acids is 3. The molecule has 2 aliphatic carbocycles. The van der Waals surface area contributed by atoms with E-state index in [2.05, 4.69) is 18.3 Å². The first-order valence-corrected chi connectivity index (χ1v) is 12.2. The molecule has 2 N–H and O–H groups in total. The van der Waals surface area contributed by atoms with Crippen molar-refractivity contribution in [3.8, 4) is 0 Å². The molecule has 1 heterocycles. The maximum absolute atomic E-state index is 12.6. The third kappa shape index (κ3) is 7.72. The highest BCUT2D eigenvalue weighted by molar-refractivity contribution is 5.77. The second-order valence-corrected chi connectivity index (χ2v) is 9.59. The average Bonchev–Trinajstić information content (AvgIpc) is 3.43. The minimum Gasteiger partial charge on any atom is -0.480 e. The van der Waals surface area contributed by atoms with Gasteiger partial charge in [0.05, 0.1) is 19.2 Å². The normalized spacial score (nSPS) is 28.4. The van der Waals surface area contributed by atoms with E-state index in [9.17, 15) is 19.2 Å². The van der Waals surface area contributed by atoms with Gasteiger partial charge < -0.3 is 24.8 Å². The highest BCUT2D eigenvalue weighted by Crippen LogP contribution is 2.53. The van der Waals surface area contributed by atoms with Crippen molar-refractivity contribution in [2.75, 3.05) is 45.9 Å². The smallest absolute Gasteiger partial charge is 0.407 e. The summed E-state index contributed by atoms with van der Waals surface area (Å²) < 4.78 is 10.5. The number of nitrogens with zero attached hydrogens (tertiary/aromatic N) is 2. The van der Waals surface area contributed by atoms with Crippen LogP contribution in [0.15, 0.2) is 11.6 Å². The number of piperazine rings is 1. The van der Waals surface area contributed by atoms with E-state index in [0.29, 0.717) is 37.5 Å². The SMILES string of the molecule is CC(=O)OCC1CN(C(=O)CCNC(=O)OC[C@@H]2[C@@H]3CC/C=C(/C)CC[C@@H]32)CCN1CC(=O)O. The Balaban J connectivity index is 1.35. The largest absolute Gasteiger partial charge is 0.480 e. The lowest BCUT2D eigenvalue weighted by Crippen LogP contribution is -2.57. The molecule has 0 spiro atoms. The molecule has 2 fully saturated rings. The molecule has 1 aliphatic heterocycles. The van der Waals surface area contributed by atoms with Gasteiger partial charge in [-0.1, -0.05) is 11.6 Å². The highest BCUT2D eigenvalue weighted by Gasteiger charge is 2.49. The summed E-state index contributed by atoms with van der Waals surface area (Å²) in [5.74, 6) is 0.175. The number of carbonyl (C=O) groups is 4. The van der Waals surface area contributed by atoms with Crippen LogP contribution < -0.4 is 5.32 Å². The van der Waals surface area contributed by atoms with Crippen LogP contribution in [0.3, 0.4) is 0 Å². The van der Waals surface area contributed by atoms with E-state index >= 15 is 0 Å². The molecule has 4 atom stereocenters. The number of alkyl carbamates (subject to hydrolysis) is 1. The van der Waals surface area contributed by atoms with Crippen LogP contribution in [0, 0.1) is 17.8 Å². The highest BCUT2D eigenvalue weighted by atomic mass is 16.5. The van der Waals surface area contributed by atoms with Crippen LogP contribution in [0.25, 0.3) is 0 Å². The first kappa shape index (κ1) is 26.0. The Morgan fingerprint density at radius 2 is 1.88 bits per heavy atom. The minimum absolute atomic E-state index is 0.0236. The summed E-state index contributed by atoms with van der Waals surface area (Å²) in [5, 5.41) is 11.8. The molecule has 10 nitrogen and oxygen atoms in total. The number of ether oxygens (including phenoxy) is 2. The van der Waals surface area contributed by atoms with E-state index in [1.165, 1.54) is 12.5 Å². The molecule has 0 bridgehead atoms. The number of carboxylic acid groups (broad SMARTS) is 1. The number of nitrogens with one attached hydrogen (secondary N) is 1. The van der Waals surface area contributed by atoms with Crippen LogP contribution in [0.4, 0.5) is 4.79 Å². The van der Waals surface area contributed by atoms with E-state index in [-0.39, 0.29) is 44.6 Å². The summed E-state index contributed by atoms with van der Waals surface area (Å²) in [6.45, 7) is 4.93. The van der Waals surface area contributed by atoms with E-state index in [1.807, 2.05) is 0 Å². The molecule has 0 aromatic rings. The lowest BCUT2D eigenvalue weighted by molar-refractivity contribution is -0.146. The molecule has 3 rings (SSSR count). The van der Waals surface area contributed by atoms with Gasteiger partial charge in [-0.3, -0.25) is 19.3 Å². The Labute approximate surface area is 200 Å². The fourth-order valence-corrected chi connectivity index (χ4v) is 5.17. The fraction of sp³-hybridized carbons (Fsp3) is 0.750. The van der Waals surface area contributed by atoms with Crippen LogP contribution in [-0.2, 0) is 23.9 Å². The molecule has 3 aliphatic rings. The summed E-state index contributed by atoms with van der Waals surface area (Å²) in [5.41, 5.74) is 1.45. The summed E-state index contributed by atoms with van der Waals surface area (Å²) >= 11 is 0. The van der Waals surface area contributed by atoms with E-state index in [0.717, 1.165) is 25.7 Å². The van der Waals surface area contributed by atoms with Crippen LogP contribution >= 0.6 is 0 Å². The third-order valence-corrected chi connectivity index (χ3v) is 7.16. The molecule has 0 aromatic heterocycles. The van der Waals surface area contributed by atoms with Gasteiger partial charge in [0.2, 0.25) is 5.91 Å². The second kappa shape index (κ2) is 12.2. The topological polar surface area (TPSA) is 125 Å². The lowest BCUT2D eigenvalue weighted by atomic mass is 10.0. The van der Waals surface area contributed by atoms with Gasteiger partial charge in [0, 0.05) is 39.5 Å². The van der Waals surface area contributed by atoms with Gasteiger partial charge in [-0.25, -0.2) is 4.79 Å². The van der Waals surface area contributed by atoms with Crippen molar-refractivity contribution in [2.24, 2.45) is 17.8 Å². The summed E-state index contributed by atoms with van der Waals surface area (Å²) in [7, 11) is 0. The molecule has 190 valence electrons. The number of rotatable bonds is 9. The maximum Gasteiger partial charge on any atom is 0.407 e. The van der Waals surface area contributed by atoms with Crippen LogP contribution in [0.2, 0.25) is 0 Å². The van der Waals surface area contributed by atoms with Crippen molar-refractivity contribution in [2.45, 2.75) is 52.0 Å². The zero-order valence-electron chi connectivity index (χ0n) is 20.2.